The summed E-state index contributed by atoms with van der Waals surface area (Å²) < 4.78 is 14.0. The third-order valence-corrected chi connectivity index (χ3v) is 10.5. The van der Waals surface area contributed by atoms with Gasteiger partial charge in [-0.2, -0.15) is 0 Å². The summed E-state index contributed by atoms with van der Waals surface area (Å²) in [7, 11) is 0. The fraction of sp³-hybridized carbons (Fsp3) is 0.333. The number of rotatable bonds is 13. The first kappa shape index (κ1) is 36.0. The van der Waals surface area contributed by atoms with Crippen LogP contribution in [0.4, 0.5) is 10.1 Å². The van der Waals surface area contributed by atoms with Gasteiger partial charge in [0, 0.05) is 23.0 Å². The summed E-state index contributed by atoms with van der Waals surface area (Å²) in [5.74, 6) is -2.75. The molecule has 2 aliphatic rings. The second-order valence-electron chi connectivity index (χ2n) is 13.7. The number of nitrogens with zero attached hydrogens (tertiary/aromatic N) is 2. The molecule has 0 radical (unpaired) electrons. The molecule has 1 heterocycles. The fourth-order valence-corrected chi connectivity index (χ4v) is 7.67. The molecule has 1 unspecified atom stereocenters. The van der Waals surface area contributed by atoms with E-state index in [2.05, 4.69) is 5.32 Å². The maximum absolute atomic E-state index is 14.8. The second kappa shape index (κ2) is 16.5. The lowest BCUT2D eigenvalue weighted by atomic mass is 9.80. The van der Waals surface area contributed by atoms with E-state index in [-0.39, 0.29) is 17.5 Å². The third kappa shape index (κ3) is 8.39. The lowest BCUT2D eigenvalue weighted by molar-refractivity contribution is -0.136. The van der Waals surface area contributed by atoms with Gasteiger partial charge in [0.25, 0.3) is 5.91 Å². The Labute approximate surface area is 304 Å². The van der Waals surface area contributed by atoms with E-state index in [0.29, 0.717) is 30.2 Å². The molecular weight excluding hydrogens is 663 g/mol. The quantitative estimate of drug-likeness (QED) is 0.146. The topological polar surface area (TPSA) is 105 Å². The van der Waals surface area contributed by atoms with E-state index in [0.717, 1.165) is 66.3 Å². The number of primary amides is 1. The summed E-state index contributed by atoms with van der Waals surface area (Å²) in [5.41, 5.74) is 11.1. The highest BCUT2D eigenvalue weighted by molar-refractivity contribution is 6.31. The fourth-order valence-electron chi connectivity index (χ4n) is 7.49. The van der Waals surface area contributed by atoms with Crippen molar-refractivity contribution in [2.24, 2.45) is 28.5 Å². The Morgan fingerprint density at radius 3 is 2.35 bits per heavy atom. The Balaban J connectivity index is 1.39. The molecule has 3 amide bonds. The van der Waals surface area contributed by atoms with E-state index >= 15 is 0 Å². The lowest BCUT2D eigenvalue weighted by Crippen LogP contribution is -2.50. The Morgan fingerprint density at radius 1 is 0.922 bits per heavy atom. The number of carbonyl (C=O) groups is 3. The molecule has 1 aliphatic heterocycles. The van der Waals surface area contributed by atoms with Crippen LogP contribution in [0, 0.1) is 23.6 Å². The van der Waals surface area contributed by atoms with Gasteiger partial charge in [0.15, 0.2) is 0 Å². The van der Waals surface area contributed by atoms with E-state index in [1.165, 1.54) is 6.07 Å². The zero-order valence-corrected chi connectivity index (χ0v) is 29.6. The molecule has 4 aromatic rings. The minimum atomic E-state index is -1.26. The number of unbranched alkanes of at least 4 members (excludes halogenated alkanes) is 1. The smallest absolute Gasteiger partial charge is 0.272 e. The number of anilines is 1. The Bertz CT molecular complexity index is 1910. The number of halogens is 2. The minimum absolute atomic E-state index is 0.0261. The zero-order valence-electron chi connectivity index (χ0n) is 28.9. The van der Waals surface area contributed by atoms with Crippen molar-refractivity contribution in [3.63, 3.8) is 0 Å². The largest absolute Gasteiger partial charge is 0.369 e. The number of hydrogen-bond acceptors (Lipinski definition) is 4. The van der Waals surface area contributed by atoms with Gasteiger partial charge in [-0.25, -0.2) is 9.38 Å². The molecule has 0 bridgehead atoms. The number of aliphatic imine (C=N–C) groups is 1. The highest BCUT2D eigenvalue weighted by Gasteiger charge is 2.39. The number of hydrogen-bond donors (Lipinski definition) is 2. The molecule has 1 saturated carbocycles. The lowest BCUT2D eigenvalue weighted by Gasteiger charge is -2.29. The van der Waals surface area contributed by atoms with Crippen molar-refractivity contribution in [3.8, 4) is 11.1 Å². The monoisotopic (exact) mass is 706 g/mol. The molecule has 0 spiro atoms. The maximum Gasteiger partial charge on any atom is 0.272 e. The van der Waals surface area contributed by atoms with Gasteiger partial charge in [-0.3, -0.25) is 14.4 Å². The van der Waals surface area contributed by atoms with E-state index in [1.807, 2.05) is 85.8 Å². The summed E-state index contributed by atoms with van der Waals surface area (Å²) in [5, 5.41) is 3.04. The van der Waals surface area contributed by atoms with Crippen LogP contribution in [-0.4, -0.2) is 29.6 Å². The number of carbonyl (C=O) groups excluding carboxylic acids is 3. The van der Waals surface area contributed by atoms with Crippen molar-refractivity contribution in [1.29, 1.82) is 0 Å². The van der Waals surface area contributed by atoms with Crippen LogP contribution in [0.1, 0.15) is 75.0 Å². The number of nitrogens with two attached hydrogens (primary N) is 1. The summed E-state index contributed by atoms with van der Waals surface area (Å²) in [6.45, 7) is 2.22. The molecular formula is C42H44ClFN4O3. The first-order valence-corrected chi connectivity index (χ1v) is 18.3. The highest BCUT2D eigenvalue weighted by atomic mass is 35.5. The molecule has 1 aliphatic carbocycles. The van der Waals surface area contributed by atoms with E-state index in [1.54, 1.807) is 17.0 Å². The summed E-state index contributed by atoms with van der Waals surface area (Å²) in [4.78, 5) is 48.7. The number of para-hydroxylation sites is 1. The molecule has 1 fully saturated rings. The van der Waals surface area contributed by atoms with Crippen molar-refractivity contribution in [1.82, 2.24) is 5.32 Å². The average Bonchev–Trinajstić information content (AvgIpc) is 3.63. The maximum atomic E-state index is 14.8. The van der Waals surface area contributed by atoms with Gasteiger partial charge in [0.05, 0.1) is 23.0 Å². The van der Waals surface area contributed by atoms with Crippen molar-refractivity contribution in [2.45, 2.75) is 71.0 Å². The van der Waals surface area contributed by atoms with Gasteiger partial charge in [-0.1, -0.05) is 130 Å². The second-order valence-corrected chi connectivity index (χ2v) is 14.1. The molecule has 7 nitrogen and oxygen atoms in total. The molecule has 6 rings (SSSR count). The van der Waals surface area contributed by atoms with Gasteiger partial charge in [-0.15, -0.1) is 0 Å². The van der Waals surface area contributed by atoms with Crippen LogP contribution >= 0.6 is 11.6 Å². The van der Waals surface area contributed by atoms with Gasteiger partial charge < -0.3 is 16.0 Å². The normalized spacial score (nSPS) is 17.3. The van der Waals surface area contributed by atoms with Gasteiger partial charge in [0.1, 0.15) is 5.82 Å². The molecule has 0 saturated heterocycles. The van der Waals surface area contributed by atoms with Crippen LogP contribution in [-0.2, 0) is 20.9 Å². The molecule has 51 heavy (non-hydrogen) atoms. The molecule has 3 N–H and O–H groups in total. The van der Waals surface area contributed by atoms with Crippen LogP contribution in [0.3, 0.4) is 0 Å². The predicted molar refractivity (Wildman–Crippen MR) is 201 cm³/mol. The Hall–Kier alpha value is -4.82. The van der Waals surface area contributed by atoms with Crippen molar-refractivity contribution in [3.05, 3.63) is 125 Å². The first-order chi connectivity index (χ1) is 24.7. The van der Waals surface area contributed by atoms with Crippen LogP contribution in [0.25, 0.3) is 11.1 Å². The molecule has 0 aromatic heterocycles. The van der Waals surface area contributed by atoms with E-state index in [4.69, 9.17) is 22.3 Å². The van der Waals surface area contributed by atoms with E-state index < -0.39 is 35.6 Å². The summed E-state index contributed by atoms with van der Waals surface area (Å²) >= 11 is 6.10. The predicted octanol–water partition coefficient (Wildman–Crippen LogP) is 8.46. The average molecular weight is 707 g/mol. The minimum Gasteiger partial charge on any atom is -0.369 e. The standard InChI is InChI=1S/C42H44ClFN4O3/c1-2-3-18-32(39(45)49)34(24-27-12-7-8-13-27)41(50)47-40-42(51)48(26-28-14-11-17-30(23-28)31-21-22-36(44)35(43)25-31)37-20-10-9-19-33(37)38(46-40)29-15-5-4-6-16-29/h4-6,9-11,14-17,19-23,25,27,32,34,40H,2-3,7-8,12-13,18,24,26H2,1H3,(H2,45,49)(H,47,50)/t32-,34+,40?/m0/s1. The number of benzene rings is 4. The first-order valence-electron chi connectivity index (χ1n) is 17.9. The summed E-state index contributed by atoms with van der Waals surface area (Å²) in [6, 6.07) is 29.4. The Kier molecular flexibility index (Phi) is 11.6. The van der Waals surface area contributed by atoms with Crippen molar-refractivity contribution in [2.75, 3.05) is 4.90 Å². The van der Waals surface area contributed by atoms with Gasteiger partial charge >= 0.3 is 0 Å². The number of benzodiazepines with no additional fused rings is 1. The van der Waals surface area contributed by atoms with Crippen LogP contribution < -0.4 is 16.0 Å². The zero-order chi connectivity index (χ0) is 35.9. The Morgan fingerprint density at radius 2 is 1.63 bits per heavy atom. The van der Waals surface area contributed by atoms with E-state index in [9.17, 15) is 18.8 Å². The third-order valence-electron chi connectivity index (χ3n) is 10.2. The molecule has 264 valence electrons. The van der Waals surface area contributed by atoms with Gasteiger partial charge in [-0.05, 0) is 59.7 Å². The number of nitrogens with one attached hydrogen (secondary N) is 1. The number of amides is 3. The summed E-state index contributed by atoms with van der Waals surface area (Å²) in [6.07, 6.45) is 5.66. The molecule has 4 aromatic carbocycles. The van der Waals surface area contributed by atoms with Crippen LogP contribution in [0.15, 0.2) is 102 Å². The number of fused-ring (bicyclic) bond motifs is 1. The van der Waals surface area contributed by atoms with Crippen molar-refractivity contribution < 1.29 is 18.8 Å². The molecule has 9 heteroatoms. The van der Waals surface area contributed by atoms with Gasteiger partial charge in [0.2, 0.25) is 18.0 Å². The SMILES string of the molecule is CCCC[C@H](C(N)=O)[C@@H](CC1CCCC1)C(=O)NC1N=C(c2ccccc2)c2ccccc2N(Cc2cccc(-c3ccc(F)c(Cl)c3)c2)C1=O. The van der Waals surface area contributed by atoms with Crippen LogP contribution in [0.2, 0.25) is 5.02 Å². The van der Waals surface area contributed by atoms with Crippen molar-refractivity contribution >= 4 is 40.7 Å². The molecule has 3 atom stereocenters. The highest BCUT2D eigenvalue weighted by Crippen LogP contribution is 2.36. The van der Waals surface area contributed by atoms with Crippen LogP contribution in [0.5, 0.6) is 0 Å².